The van der Waals surface area contributed by atoms with Gasteiger partial charge >= 0.3 is 0 Å². The fourth-order valence-electron chi connectivity index (χ4n) is 2.35. The zero-order valence-electron chi connectivity index (χ0n) is 10.4. The minimum absolute atomic E-state index is 0.146. The van der Waals surface area contributed by atoms with E-state index >= 15 is 0 Å². The van der Waals surface area contributed by atoms with Crippen molar-refractivity contribution >= 4 is 5.82 Å². The van der Waals surface area contributed by atoms with E-state index in [4.69, 9.17) is 15.7 Å². The third kappa shape index (κ3) is 2.42. The van der Waals surface area contributed by atoms with Crippen LogP contribution in [0.3, 0.4) is 0 Å². The Labute approximate surface area is 106 Å². The van der Waals surface area contributed by atoms with Crippen molar-refractivity contribution in [2.45, 2.75) is 25.0 Å². The second-order valence-corrected chi connectivity index (χ2v) is 4.35. The summed E-state index contributed by atoms with van der Waals surface area (Å²) in [4.78, 5) is 2.07. The Hall–Kier alpha value is -1.71. The van der Waals surface area contributed by atoms with Crippen molar-refractivity contribution in [3.8, 4) is 6.07 Å². The Bertz CT molecular complexity index is 444. The van der Waals surface area contributed by atoms with E-state index in [9.17, 15) is 0 Å². The van der Waals surface area contributed by atoms with Crippen LogP contribution in [0.1, 0.15) is 18.4 Å². The zero-order valence-corrected chi connectivity index (χ0v) is 10.4. The summed E-state index contributed by atoms with van der Waals surface area (Å²) in [5.41, 5.74) is 6.35. The molecule has 0 saturated carbocycles. The van der Waals surface area contributed by atoms with Crippen molar-refractivity contribution in [2.24, 2.45) is 5.73 Å². The van der Waals surface area contributed by atoms with Crippen molar-refractivity contribution in [2.75, 3.05) is 25.1 Å². The summed E-state index contributed by atoms with van der Waals surface area (Å²) in [7, 11) is 1.72. The molecule has 0 aromatic carbocycles. The Balaban J connectivity index is 2.24. The number of aromatic nitrogens is 2. The topological polar surface area (TPSA) is 88.1 Å². The molecule has 0 amide bonds. The van der Waals surface area contributed by atoms with Crippen molar-refractivity contribution in [3.63, 3.8) is 0 Å². The van der Waals surface area contributed by atoms with E-state index in [-0.39, 0.29) is 12.1 Å². The van der Waals surface area contributed by atoms with Crippen LogP contribution in [-0.2, 0) is 4.74 Å². The van der Waals surface area contributed by atoms with Crippen LogP contribution in [0.5, 0.6) is 0 Å². The van der Waals surface area contributed by atoms with Crippen LogP contribution in [0.25, 0.3) is 0 Å². The standard InChI is InChI=1S/C12H17N5O/c1-18-11-3-5-17(10(6-11)8-14)12-9(7-13)2-4-15-16-12/h2,4,10-11H,3,5-6,8,14H2,1H3. The number of hydrogen-bond acceptors (Lipinski definition) is 6. The second kappa shape index (κ2) is 5.76. The van der Waals surface area contributed by atoms with Gasteiger partial charge in [0.2, 0.25) is 0 Å². The lowest BCUT2D eigenvalue weighted by Gasteiger charge is -2.39. The molecule has 6 heteroatoms. The number of piperidine rings is 1. The van der Waals surface area contributed by atoms with Gasteiger partial charge in [-0.1, -0.05) is 0 Å². The van der Waals surface area contributed by atoms with Gasteiger partial charge in [0, 0.05) is 26.2 Å². The van der Waals surface area contributed by atoms with Crippen molar-refractivity contribution in [1.29, 1.82) is 5.26 Å². The van der Waals surface area contributed by atoms with Gasteiger partial charge in [-0.2, -0.15) is 10.4 Å². The van der Waals surface area contributed by atoms with Crippen LogP contribution in [-0.4, -0.2) is 42.5 Å². The predicted molar refractivity (Wildman–Crippen MR) is 67.0 cm³/mol. The van der Waals surface area contributed by atoms with Crippen molar-refractivity contribution in [1.82, 2.24) is 10.2 Å². The number of rotatable bonds is 3. The molecular weight excluding hydrogens is 230 g/mol. The van der Waals surface area contributed by atoms with Gasteiger partial charge in [0.05, 0.1) is 17.9 Å². The SMILES string of the molecule is COC1CCN(c2nnccc2C#N)C(CN)C1. The average Bonchev–Trinajstić information content (AvgIpc) is 2.46. The molecule has 0 bridgehead atoms. The fourth-order valence-corrected chi connectivity index (χ4v) is 2.35. The second-order valence-electron chi connectivity index (χ2n) is 4.35. The van der Waals surface area contributed by atoms with E-state index in [1.54, 1.807) is 13.2 Å². The third-order valence-corrected chi connectivity index (χ3v) is 3.37. The molecule has 2 unspecified atom stereocenters. The van der Waals surface area contributed by atoms with Crippen LogP contribution in [0.15, 0.2) is 12.3 Å². The molecule has 1 aromatic heterocycles. The number of ether oxygens (including phenoxy) is 1. The minimum Gasteiger partial charge on any atom is -0.381 e. The first kappa shape index (κ1) is 12.7. The van der Waals surface area contributed by atoms with E-state index in [1.165, 1.54) is 6.20 Å². The number of nitrogens with two attached hydrogens (primary N) is 1. The molecule has 0 aliphatic carbocycles. The first-order valence-corrected chi connectivity index (χ1v) is 6.01. The Morgan fingerprint density at radius 3 is 3.17 bits per heavy atom. The summed E-state index contributed by atoms with van der Waals surface area (Å²) in [6, 6.07) is 3.97. The molecule has 2 atom stereocenters. The largest absolute Gasteiger partial charge is 0.381 e. The number of hydrogen-bond donors (Lipinski definition) is 1. The van der Waals surface area contributed by atoms with E-state index < -0.39 is 0 Å². The lowest BCUT2D eigenvalue weighted by atomic mass is 9.99. The van der Waals surface area contributed by atoms with Gasteiger partial charge < -0.3 is 15.4 Å². The van der Waals surface area contributed by atoms with E-state index in [1.807, 2.05) is 0 Å². The number of nitriles is 1. The molecule has 18 heavy (non-hydrogen) atoms. The van der Waals surface area contributed by atoms with Gasteiger partial charge in [-0.25, -0.2) is 0 Å². The summed E-state index contributed by atoms with van der Waals surface area (Å²) in [5.74, 6) is 0.630. The maximum atomic E-state index is 9.11. The van der Waals surface area contributed by atoms with Crippen molar-refractivity contribution in [3.05, 3.63) is 17.8 Å². The van der Waals surface area contributed by atoms with E-state index in [0.717, 1.165) is 19.4 Å². The van der Waals surface area contributed by atoms with Gasteiger partial charge in [0.15, 0.2) is 5.82 Å². The van der Waals surface area contributed by atoms with Crippen LogP contribution in [0.2, 0.25) is 0 Å². The van der Waals surface area contributed by atoms with Crippen LogP contribution < -0.4 is 10.6 Å². The van der Waals surface area contributed by atoms with Crippen LogP contribution >= 0.6 is 0 Å². The molecule has 1 saturated heterocycles. The summed E-state index contributed by atoms with van der Waals surface area (Å²) in [6.45, 7) is 1.30. The fraction of sp³-hybridized carbons (Fsp3) is 0.583. The highest BCUT2D eigenvalue weighted by atomic mass is 16.5. The molecule has 96 valence electrons. The lowest BCUT2D eigenvalue weighted by molar-refractivity contribution is 0.0707. The molecule has 1 aliphatic rings. The summed E-state index contributed by atoms with van der Waals surface area (Å²) in [6.07, 6.45) is 3.53. The molecule has 1 fully saturated rings. The average molecular weight is 247 g/mol. The lowest BCUT2D eigenvalue weighted by Crippen LogP contribution is -2.49. The van der Waals surface area contributed by atoms with Gasteiger partial charge in [-0.3, -0.25) is 0 Å². The zero-order chi connectivity index (χ0) is 13.0. The highest BCUT2D eigenvalue weighted by Gasteiger charge is 2.29. The van der Waals surface area contributed by atoms with Gasteiger partial charge in [-0.05, 0) is 18.9 Å². The molecule has 1 aliphatic heterocycles. The molecule has 0 spiro atoms. The highest BCUT2D eigenvalue weighted by molar-refractivity contribution is 5.53. The van der Waals surface area contributed by atoms with Crippen LogP contribution in [0, 0.1) is 11.3 Å². The molecule has 1 aromatic rings. The first-order chi connectivity index (χ1) is 8.80. The summed E-state index contributed by atoms with van der Waals surface area (Å²) >= 11 is 0. The Kier molecular flexibility index (Phi) is 4.07. The Morgan fingerprint density at radius 1 is 1.67 bits per heavy atom. The maximum Gasteiger partial charge on any atom is 0.169 e. The van der Waals surface area contributed by atoms with Crippen molar-refractivity contribution < 1.29 is 4.74 Å². The third-order valence-electron chi connectivity index (χ3n) is 3.37. The predicted octanol–water partition coefficient (Wildman–Crippen LogP) is 0.291. The highest BCUT2D eigenvalue weighted by Crippen LogP contribution is 2.25. The van der Waals surface area contributed by atoms with Gasteiger partial charge in [0.25, 0.3) is 0 Å². The summed E-state index contributed by atoms with van der Waals surface area (Å²) < 4.78 is 5.38. The smallest absolute Gasteiger partial charge is 0.169 e. The van der Waals surface area contributed by atoms with Gasteiger partial charge in [-0.15, -0.1) is 5.10 Å². The number of anilines is 1. The maximum absolute atomic E-state index is 9.11. The van der Waals surface area contributed by atoms with E-state index in [2.05, 4.69) is 21.2 Å². The molecule has 2 heterocycles. The first-order valence-electron chi connectivity index (χ1n) is 6.01. The van der Waals surface area contributed by atoms with Gasteiger partial charge in [0.1, 0.15) is 6.07 Å². The normalized spacial score (nSPS) is 23.7. The quantitative estimate of drug-likeness (QED) is 0.826. The monoisotopic (exact) mass is 247 g/mol. The molecule has 6 nitrogen and oxygen atoms in total. The molecule has 2 N–H and O–H groups in total. The Morgan fingerprint density at radius 2 is 2.50 bits per heavy atom. The minimum atomic E-state index is 0.146. The number of methoxy groups -OCH3 is 1. The summed E-state index contributed by atoms with van der Waals surface area (Å²) in [5, 5.41) is 17.0. The van der Waals surface area contributed by atoms with E-state index in [0.29, 0.717) is 17.9 Å². The molecular formula is C12H17N5O. The molecule has 2 rings (SSSR count). The molecule has 0 radical (unpaired) electrons. The van der Waals surface area contributed by atoms with Crippen LogP contribution in [0.4, 0.5) is 5.82 Å². The number of nitrogens with zero attached hydrogens (tertiary/aromatic N) is 4.